The fourth-order valence-electron chi connectivity index (χ4n) is 4.15. The summed E-state index contributed by atoms with van der Waals surface area (Å²) in [5, 5.41) is 2.55. The van der Waals surface area contributed by atoms with Crippen molar-refractivity contribution in [3.63, 3.8) is 0 Å². The van der Waals surface area contributed by atoms with Gasteiger partial charge in [-0.3, -0.25) is 19.1 Å². The van der Waals surface area contributed by atoms with Crippen LogP contribution in [0.2, 0.25) is 0 Å². The van der Waals surface area contributed by atoms with E-state index in [1.165, 1.54) is 6.07 Å². The molecule has 0 radical (unpaired) electrons. The molecule has 1 aliphatic rings. The highest BCUT2D eigenvalue weighted by molar-refractivity contribution is 6.05. The number of hydrogen-bond donors (Lipinski definition) is 1. The molecule has 0 bridgehead atoms. The molecule has 0 aliphatic carbocycles. The van der Waals surface area contributed by atoms with Gasteiger partial charge >= 0.3 is 0 Å². The minimum absolute atomic E-state index is 0.126. The molecule has 166 valence electrons. The van der Waals surface area contributed by atoms with Crippen molar-refractivity contribution in [2.24, 2.45) is 0 Å². The molecule has 2 heterocycles. The summed E-state index contributed by atoms with van der Waals surface area (Å²) in [6, 6.07) is 19.6. The molecule has 8 heteroatoms. The predicted octanol–water partition coefficient (Wildman–Crippen LogP) is 4.47. The van der Waals surface area contributed by atoms with Crippen molar-refractivity contribution < 1.29 is 18.4 Å². The van der Waals surface area contributed by atoms with Crippen molar-refractivity contribution in [3.8, 4) is 0 Å². The van der Waals surface area contributed by atoms with E-state index >= 15 is 0 Å². The van der Waals surface area contributed by atoms with Gasteiger partial charge in [-0.1, -0.05) is 42.5 Å². The SMILES string of the molecule is O=C(CC1C(=O)N(CCc2ccccc2)c2nc3ccccc3n21)Nc1ccc(F)c(F)c1. The zero-order chi connectivity index (χ0) is 22.9. The highest BCUT2D eigenvalue weighted by Gasteiger charge is 2.40. The van der Waals surface area contributed by atoms with Crippen molar-refractivity contribution >= 4 is 34.5 Å². The molecule has 1 unspecified atom stereocenters. The molecule has 1 aliphatic heterocycles. The predicted molar refractivity (Wildman–Crippen MR) is 121 cm³/mol. The molecule has 1 atom stereocenters. The summed E-state index contributed by atoms with van der Waals surface area (Å²) in [5.41, 5.74) is 2.71. The maximum Gasteiger partial charge on any atom is 0.253 e. The molecule has 0 saturated heterocycles. The lowest BCUT2D eigenvalue weighted by Crippen LogP contribution is -2.33. The number of aromatic nitrogens is 2. The summed E-state index contributed by atoms with van der Waals surface area (Å²) in [6.07, 6.45) is 0.483. The Kier molecular flexibility index (Phi) is 5.34. The summed E-state index contributed by atoms with van der Waals surface area (Å²) in [6.45, 7) is 0.424. The van der Waals surface area contributed by atoms with Crippen LogP contribution in [0.4, 0.5) is 20.4 Å². The van der Waals surface area contributed by atoms with Gasteiger partial charge in [0.2, 0.25) is 11.9 Å². The molecule has 5 rings (SSSR count). The second kappa shape index (κ2) is 8.46. The molecule has 2 amide bonds. The number of nitrogens with zero attached hydrogens (tertiary/aromatic N) is 3. The number of para-hydroxylation sites is 2. The maximum absolute atomic E-state index is 13.5. The minimum Gasteiger partial charge on any atom is -0.326 e. The molecule has 3 aromatic carbocycles. The van der Waals surface area contributed by atoms with Gasteiger partial charge in [0.25, 0.3) is 5.91 Å². The van der Waals surface area contributed by atoms with E-state index in [4.69, 9.17) is 0 Å². The number of nitrogens with one attached hydrogen (secondary N) is 1. The van der Waals surface area contributed by atoms with Gasteiger partial charge in [-0.25, -0.2) is 13.8 Å². The molecule has 6 nitrogen and oxygen atoms in total. The Hall–Kier alpha value is -4.07. The van der Waals surface area contributed by atoms with Crippen molar-refractivity contribution in [1.82, 2.24) is 9.55 Å². The fraction of sp³-hybridized carbons (Fsp3) is 0.160. The molecular formula is C25H20F2N4O2. The molecule has 1 N–H and O–H groups in total. The van der Waals surface area contributed by atoms with Crippen molar-refractivity contribution in [3.05, 3.63) is 90.0 Å². The van der Waals surface area contributed by atoms with E-state index in [9.17, 15) is 18.4 Å². The van der Waals surface area contributed by atoms with E-state index in [1.807, 2.05) is 54.6 Å². The van der Waals surface area contributed by atoms with Crippen LogP contribution in [0.5, 0.6) is 0 Å². The van der Waals surface area contributed by atoms with E-state index in [0.717, 1.165) is 28.7 Å². The third-order valence-corrected chi connectivity index (χ3v) is 5.73. The summed E-state index contributed by atoms with van der Waals surface area (Å²) in [5.74, 6) is -2.25. The zero-order valence-electron chi connectivity index (χ0n) is 17.5. The summed E-state index contributed by atoms with van der Waals surface area (Å²) in [7, 11) is 0. The van der Waals surface area contributed by atoms with E-state index in [1.54, 1.807) is 9.47 Å². The molecule has 0 fully saturated rings. The van der Waals surface area contributed by atoms with Gasteiger partial charge < -0.3 is 5.32 Å². The lowest BCUT2D eigenvalue weighted by Gasteiger charge is -2.16. The van der Waals surface area contributed by atoms with E-state index in [0.29, 0.717) is 18.9 Å². The molecule has 0 saturated carbocycles. The lowest BCUT2D eigenvalue weighted by molar-refractivity contribution is -0.124. The number of carbonyl (C=O) groups excluding carboxylic acids is 2. The number of halogens is 2. The fourth-order valence-corrected chi connectivity index (χ4v) is 4.15. The zero-order valence-corrected chi connectivity index (χ0v) is 17.5. The lowest BCUT2D eigenvalue weighted by atomic mass is 10.1. The first kappa shape index (κ1) is 20.8. The topological polar surface area (TPSA) is 67.2 Å². The van der Waals surface area contributed by atoms with Gasteiger partial charge in [-0.05, 0) is 36.2 Å². The van der Waals surface area contributed by atoms with Crippen LogP contribution in [-0.4, -0.2) is 27.9 Å². The van der Waals surface area contributed by atoms with Crippen molar-refractivity contribution in [1.29, 1.82) is 0 Å². The van der Waals surface area contributed by atoms with Crippen molar-refractivity contribution in [2.45, 2.75) is 18.9 Å². The highest BCUT2D eigenvalue weighted by atomic mass is 19.2. The second-order valence-corrected chi connectivity index (χ2v) is 7.89. The number of anilines is 2. The standard InChI is InChI=1S/C25H20F2N4O2/c26-18-11-10-17(14-19(18)27)28-23(32)15-22-24(33)30(13-12-16-6-2-1-3-7-16)25-29-20-8-4-5-9-21(20)31(22)25/h1-11,14,22H,12-13,15H2,(H,28,32). The third-order valence-electron chi connectivity index (χ3n) is 5.73. The minimum atomic E-state index is -1.06. The summed E-state index contributed by atoms with van der Waals surface area (Å²) in [4.78, 5) is 32.3. The van der Waals surface area contributed by atoms with Gasteiger partial charge in [0.05, 0.1) is 17.5 Å². The number of hydrogen-bond acceptors (Lipinski definition) is 3. The molecule has 0 spiro atoms. The van der Waals surface area contributed by atoms with Crippen LogP contribution in [-0.2, 0) is 16.0 Å². The van der Waals surface area contributed by atoms with Crippen LogP contribution in [0.25, 0.3) is 11.0 Å². The van der Waals surface area contributed by atoms with Crippen LogP contribution >= 0.6 is 0 Å². The van der Waals surface area contributed by atoms with E-state index in [-0.39, 0.29) is 18.0 Å². The van der Waals surface area contributed by atoms with Gasteiger partial charge in [-0.15, -0.1) is 0 Å². The van der Waals surface area contributed by atoms with Gasteiger partial charge in [0.15, 0.2) is 11.6 Å². The number of amides is 2. The monoisotopic (exact) mass is 446 g/mol. The number of imidazole rings is 1. The maximum atomic E-state index is 13.5. The number of carbonyl (C=O) groups is 2. The van der Waals surface area contributed by atoms with Crippen molar-refractivity contribution in [2.75, 3.05) is 16.8 Å². The smallest absolute Gasteiger partial charge is 0.253 e. The molecule has 33 heavy (non-hydrogen) atoms. The van der Waals surface area contributed by atoms with Gasteiger partial charge in [-0.2, -0.15) is 0 Å². The first-order valence-corrected chi connectivity index (χ1v) is 10.6. The van der Waals surface area contributed by atoms with Crippen LogP contribution < -0.4 is 10.2 Å². The molecule has 1 aromatic heterocycles. The Labute approximate surface area is 188 Å². The normalized spacial score (nSPS) is 15.2. The Morgan fingerprint density at radius 2 is 1.73 bits per heavy atom. The Morgan fingerprint density at radius 1 is 0.970 bits per heavy atom. The van der Waals surface area contributed by atoms with Gasteiger partial charge in [0, 0.05) is 18.3 Å². The first-order chi connectivity index (χ1) is 16.0. The van der Waals surface area contributed by atoms with E-state index < -0.39 is 23.6 Å². The third kappa shape index (κ3) is 3.95. The number of benzene rings is 3. The van der Waals surface area contributed by atoms with Crippen LogP contribution in [0.15, 0.2) is 72.8 Å². The summed E-state index contributed by atoms with van der Waals surface area (Å²) < 4.78 is 28.5. The van der Waals surface area contributed by atoms with Crippen LogP contribution in [0, 0.1) is 11.6 Å². The molecular weight excluding hydrogens is 426 g/mol. The van der Waals surface area contributed by atoms with Gasteiger partial charge in [0.1, 0.15) is 6.04 Å². The second-order valence-electron chi connectivity index (χ2n) is 7.89. The van der Waals surface area contributed by atoms with E-state index in [2.05, 4.69) is 10.3 Å². The number of rotatable bonds is 6. The highest BCUT2D eigenvalue weighted by Crippen LogP contribution is 2.36. The Balaban J connectivity index is 1.41. The summed E-state index contributed by atoms with van der Waals surface area (Å²) >= 11 is 0. The average molecular weight is 446 g/mol. The average Bonchev–Trinajstić information content (AvgIpc) is 3.30. The Morgan fingerprint density at radius 3 is 2.52 bits per heavy atom. The van der Waals surface area contributed by atoms with Crippen LogP contribution in [0.1, 0.15) is 18.0 Å². The number of fused-ring (bicyclic) bond motifs is 3. The largest absolute Gasteiger partial charge is 0.326 e. The Bertz CT molecular complexity index is 1350. The molecule has 4 aromatic rings. The van der Waals surface area contributed by atoms with Crippen LogP contribution in [0.3, 0.4) is 0 Å². The first-order valence-electron chi connectivity index (χ1n) is 10.6. The quantitative estimate of drug-likeness (QED) is 0.475.